The number of hydrogen-bond donors (Lipinski definition) is 3. The van der Waals surface area contributed by atoms with E-state index < -0.39 is 11.8 Å². The molecule has 0 aromatic heterocycles. The monoisotopic (exact) mass is 467 g/mol. The number of hydrazone groups is 1. The summed E-state index contributed by atoms with van der Waals surface area (Å²) in [7, 11) is 0. The lowest BCUT2D eigenvalue weighted by Gasteiger charge is -2.08. The Morgan fingerprint density at radius 1 is 1.23 bits per heavy atom. The van der Waals surface area contributed by atoms with Crippen LogP contribution in [0.3, 0.4) is 0 Å². The fourth-order valence-electron chi connectivity index (χ4n) is 2.02. The minimum atomic E-state index is -0.534. The molecule has 2 aromatic carbocycles. The van der Waals surface area contributed by atoms with Crippen molar-refractivity contribution in [3.63, 3.8) is 0 Å². The zero-order valence-corrected chi connectivity index (χ0v) is 16.2. The van der Waals surface area contributed by atoms with Gasteiger partial charge in [0, 0.05) is 5.69 Å². The Hall–Kier alpha value is -2.62. The van der Waals surface area contributed by atoms with E-state index in [4.69, 9.17) is 4.74 Å². The zero-order chi connectivity index (χ0) is 18.9. The van der Waals surface area contributed by atoms with E-state index in [1.807, 2.05) is 35.6 Å². The van der Waals surface area contributed by atoms with E-state index in [9.17, 15) is 14.7 Å². The summed E-state index contributed by atoms with van der Waals surface area (Å²) < 4.78 is 5.94. The predicted molar refractivity (Wildman–Crippen MR) is 107 cm³/mol. The Balaban J connectivity index is 1.89. The van der Waals surface area contributed by atoms with Crippen LogP contribution in [-0.2, 0) is 9.59 Å². The molecule has 3 N–H and O–H groups in total. The number of anilines is 1. The number of halogens is 1. The van der Waals surface area contributed by atoms with Gasteiger partial charge in [-0.15, -0.1) is 0 Å². The SMILES string of the molecule is CCOc1cc(/C=N/NC(=O)CC(=O)Nc2ccccc2)cc(I)c1O. The highest BCUT2D eigenvalue weighted by atomic mass is 127. The van der Waals surface area contributed by atoms with Gasteiger partial charge in [0.15, 0.2) is 11.5 Å². The Labute approximate surface area is 164 Å². The van der Waals surface area contributed by atoms with Crippen LogP contribution in [0.5, 0.6) is 11.5 Å². The lowest BCUT2D eigenvalue weighted by molar-refractivity contribution is -0.126. The fraction of sp³-hybridized carbons (Fsp3) is 0.167. The molecule has 136 valence electrons. The maximum absolute atomic E-state index is 11.8. The van der Waals surface area contributed by atoms with Crippen LogP contribution in [0, 0.1) is 3.57 Å². The summed E-state index contributed by atoms with van der Waals surface area (Å²) in [5.41, 5.74) is 3.56. The molecule has 2 amide bonds. The molecule has 2 aromatic rings. The smallest absolute Gasteiger partial charge is 0.249 e. The summed E-state index contributed by atoms with van der Waals surface area (Å²) in [5.74, 6) is -0.560. The third-order valence-corrected chi connectivity index (χ3v) is 3.95. The van der Waals surface area contributed by atoms with Crippen molar-refractivity contribution in [2.75, 3.05) is 11.9 Å². The summed E-state index contributed by atoms with van der Waals surface area (Å²) in [6.07, 6.45) is 1.07. The summed E-state index contributed by atoms with van der Waals surface area (Å²) >= 11 is 1.97. The fourth-order valence-corrected chi connectivity index (χ4v) is 2.65. The van der Waals surface area contributed by atoms with Gasteiger partial charge < -0.3 is 15.2 Å². The number of carbonyl (C=O) groups is 2. The number of amides is 2. The van der Waals surface area contributed by atoms with Crippen molar-refractivity contribution in [1.29, 1.82) is 0 Å². The van der Waals surface area contributed by atoms with Gasteiger partial charge in [0.05, 0.1) is 16.4 Å². The molecule has 26 heavy (non-hydrogen) atoms. The Bertz CT molecular complexity index is 810. The maximum Gasteiger partial charge on any atom is 0.249 e. The van der Waals surface area contributed by atoms with Gasteiger partial charge >= 0.3 is 0 Å². The van der Waals surface area contributed by atoms with Crippen LogP contribution in [0.4, 0.5) is 5.69 Å². The van der Waals surface area contributed by atoms with Crippen molar-refractivity contribution >= 4 is 46.3 Å². The van der Waals surface area contributed by atoms with Crippen LogP contribution in [0.2, 0.25) is 0 Å². The van der Waals surface area contributed by atoms with E-state index in [0.717, 1.165) is 0 Å². The Kier molecular flexibility index (Phi) is 7.39. The topological polar surface area (TPSA) is 100 Å². The molecule has 2 rings (SSSR count). The number of hydrogen-bond acceptors (Lipinski definition) is 5. The van der Waals surface area contributed by atoms with E-state index in [0.29, 0.717) is 27.2 Å². The second kappa shape index (κ2) is 9.76. The third-order valence-electron chi connectivity index (χ3n) is 3.13. The van der Waals surface area contributed by atoms with E-state index >= 15 is 0 Å². The van der Waals surface area contributed by atoms with E-state index in [-0.39, 0.29) is 12.2 Å². The molecule has 0 saturated heterocycles. The van der Waals surface area contributed by atoms with Crippen molar-refractivity contribution in [2.45, 2.75) is 13.3 Å². The molecule has 8 heteroatoms. The molecule has 0 heterocycles. The van der Waals surface area contributed by atoms with Crippen LogP contribution in [0.1, 0.15) is 18.9 Å². The average molecular weight is 467 g/mol. The zero-order valence-electron chi connectivity index (χ0n) is 14.0. The lowest BCUT2D eigenvalue weighted by Crippen LogP contribution is -2.24. The van der Waals surface area contributed by atoms with Gasteiger partial charge in [-0.25, -0.2) is 5.43 Å². The predicted octanol–water partition coefficient (Wildman–Crippen LogP) is 2.87. The second-order valence-electron chi connectivity index (χ2n) is 5.17. The minimum absolute atomic E-state index is 0.0613. The molecule has 0 atom stereocenters. The number of aromatic hydroxyl groups is 1. The molecule has 0 bridgehead atoms. The molecule has 7 nitrogen and oxygen atoms in total. The molecule has 0 saturated carbocycles. The summed E-state index contributed by atoms with van der Waals surface area (Å²) in [5, 5.41) is 16.3. The molecule has 0 spiro atoms. The first-order chi connectivity index (χ1) is 12.5. The number of nitrogens with one attached hydrogen (secondary N) is 2. The number of para-hydroxylation sites is 1. The van der Waals surface area contributed by atoms with Crippen LogP contribution in [-0.4, -0.2) is 29.7 Å². The van der Waals surface area contributed by atoms with Crippen molar-refractivity contribution in [3.05, 3.63) is 51.6 Å². The van der Waals surface area contributed by atoms with Gasteiger partial charge in [0.2, 0.25) is 11.8 Å². The normalized spacial score (nSPS) is 10.5. The second-order valence-corrected chi connectivity index (χ2v) is 6.33. The first-order valence-corrected chi connectivity index (χ1v) is 8.89. The van der Waals surface area contributed by atoms with Crippen molar-refractivity contribution in [2.24, 2.45) is 5.10 Å². The number of rotatable bonds is 7. The van der Waals surface area contributed by atoms with Crippen molar-refractivity contribution in [1.82, 2.24) is 5.43 Å². The third kappa shape index (κ3) is 6.03. The highest BCUT2D eigenvalue weighted by Crippen LogP contribution is 2.32. The Morgan fingerprint density at radius 2 is 1.96 bits per heavy atom. The number of phenols is 1. The lowest BCUT2D eigenvalue weighted by atomic mass is 10.2. The molecule has 0 aliphatic rings. The number of phenolic OH excluding ortho intramolecular Hbond substituents is 1. The minimum Gasteiger partial charge on any atom is -0.504 e. The summed E-state index contributed by atoms with van der Waals surface area (Å²) in [6, 6.07) is 12.2. The molecule has 0 unspecified atom stereocenters. The summed E-state index contributed by atoms with van der Waals surface area (Å²) in [4.78, 5) is 23.6. The van der Waals surface area contributed by atoms with Crippen LogP contribution in [0.15, 0.2) is 47.6 Å². The van der Waals surface area contributed by atoms with E-state index in [1.54, 1.807) is 36.4 Å². The van der Waals surface area contributed by atoms with Gasteiger partial charge in [-0.3, -0.25) is 9.59 Å². The maximum atomic E-state index is 11.8. The van der Waals surface area contributed by atoms with Crippen LogP contribution >= 0.6 is 22.6 Å². The molecular formula is C18H18IN3O4. The van der Waals surface area contributed by atoms with Crippen molar-refractivity contribution in [3.8, 4) is 11.5 Å². The summed E-state index contributed by atoms with van der Waals surface area (Å²) in [6.45, 7) is 2.23. The van der Waals surface area contributed by atoms with E-state index in [1.165, 1.54) is 6.21 Å². The highest BCUT2D eigenvalue weighted by molar-refractivity contribution is 14.1. The molecule has 0 radical (unpaired) electrons. The first kappa shape index (κ1) is 19.7. The molecule has 0 aliphatic carbocycles. The quantitative estimate of drug-likeness (QED) is 0.252. The number of carbonyl (C=O) groups excluding carboxylic acids is 2. The van der Waals surface area contributed by atoms with E-state index in [2.05, 4.69) is 15.8 Å². The molecule has 0 fully saturated rings. The molecule has 0 aliphatic heterocycles. The Morgan fingerprint density at radius 3 is 2.65 bits per heavy atom. The number of ether oxygens (including phenoxy) is 1. The van der Waals surface area contributed by atoms with Crippen LogP contribution in [0.25, 0.3) is 0 Å². The van der Waals surface area contributed by atoms with Gasteiger partial charge in [-0.05, 0) is 59.3 Å². The largest absolute Gasteiger partial charge is 0.504 e. The number of nitrogens with zero attached hydrogens (tertiary/aromatic N) is 1. The first-order valence-electron chi connectivity index (χ1n) is 7.81. The molecular weight excluding hydrogens is 449 g/mol. The van der Waals surface area contributed by atoms with Crippen LogP contribution < -0.4 is 15.5 Å². The van der Waals surface area contributed by atoms with Gasteiger partial charge in [0.1, 0.15) is 6.42 Å². The standard InChI is InChI=1S/C18H18IN3O4/c1-2-26-15-9-12(8-14(19)18(15)25)11-20-22-17(24)10-16(23)21-13-6-4-3-5-7-13/h3-9,11,25H,2,10H2,1H3,(H,21,23)(H,22,24)/b20-11+. The van der Waals surface area contributed by atoms with Crippen molar-refractivity contribution < 1.29 is 19.4 Å². The number of benzene rings is 2. The average Bonchev–Trinajstić information content (AvgIpc) is 2.60. The van der Waals surface area contributed by atoms with Gasteiger partial charge in [0.25, 0.3) is 0 Å². The highest BCUT2D eigenvalue weighted by Gasteiger charge is 2.10. The van der Waals surface area contributed by atoms with Gasteiger partial charge in [-0.1, -0.05) is 18.2 Å². The van der Waals surface area contributed by atoms with Gasteiger partial charge in [-0.2, -0.15) is 5.10 Å².